The summed E-state index contributed by atoms with van der Waals surface area (Å²) < 4.78 is 55.1. The molecule has 1 amide bonds. The number of hydrogen-bond donors (Lipinski definition) is 1. The van der Waals surface area contributed by atoms with Crippen LogP contribution in [0.3, 0.4) is 0 Å². The molecule has 1 aromatic carbocycles. The van der Waals surface area contributed by atoms with Gasteiger partial charge in [-0.2, -0.15) is 23.4 Å². The van der Waals surface area contributed by atoms with Gasteiger partial charge in [0.1, 0.15) is 0 Å². The van der Waals surface area contributed by atoms with Crippen LogP contribution >= 0.6 is 11.3 Å². The Balaban J connectivity index is 1.44. The molecule has 0 fully saturated rings. The maximum absolute atomic E-state index is 14.0. The van der Waals surface area contributed by atoms with Gasteiger partial charge in [-0.25, -0.2) is 9.50 Å². The SMILES string of the molecule is CCc1ccc(-c2cc(C(F)(F)F)n3nc(C(=O)Nc4c(C)nn(Cc5ccc(OC)c(OC)c5)c4C)cc3n2)s1. The number of carbonyl (C=O) groups is 1. The molecule has 0 aliphatic carbocycles. The molecule has 5 rings (SSSR count). The van der Waals surface area contributed by atoms with Gasteiger partial charge in [0.05, 0.1) is 48.4 Å². The number of nitrogens with zero attached hydrogens (tertiary/aromatic N) is 5. The van der Waals surface area contributed by atoms with E-state index < -0.39 is 17.8 Å². The van der Waals surface area contributed by atoms with Gasteiger partial charge in [0.15, 0.2) is 28.5 Å². The van der Waals surface area contributed by atoms with Gasteiger partial charge in [-0.3, -0.25) is 9.48 Å². The third-order valence-electron chi connectivity index (χ3n) is 6.61. The number of hydrogen-bond acceptors (Lipinski definition) is 7. The molecule has 0 saturated heterocycles. The predicted octanol–water partition coefficient (Wildman–Crippen LogP) is 6.17. The van der Waals surface area contributed by atoms with Crippen molar-refractivity contribution in [2.75, 3.05) is 19.5 Å². The molecule has 0 aliphatic rings. The zero-order valence-electron chi connectivity index (χ0n) is 23.0. The van der Waals surface area contributed by atoms with Crippen LogP contribution in [0, 0.1) is 13.8 Å². The highest BCUT2D eigenvalue weighted by Crippen LogP contribution is 2.35. The van der Waals surface area contributed by atoms with Gasteiger partial charge < -0.3 is 14.8 Å². The van der Waals surface area contributed by atoms with Crippen molar-refractivity contribution in [1.82, 2.24) is 24.4 Å². The summed E-state index contributed by atoms with van der Waals surface area (Å²) in [6.07, 6.45) is -3.95. The van der Waals surface area contributed by atoms with Crippen molar-refractivity contribution in [3.05, 3.63) is 75.7 Å². The molecule has 0 saturated carbocycles. The largest absolute Gasteiger partial charge is 0.493 e. The first-order chi connectivity index (χ1) is 19.5. The predicted molar refractivity (Wildman–Crippen MR) is 149 cm³/mol. The lowest BCUT2D eigenvalue weighted by molar-refractivity contribution is -0.142. The minimum absolute atomic E-state index is 0.0796. The molecule has 0 radical (unpaired) electrons. The molecule has 0 bridgehead atoms. The second-order valence-electron chi connectivity index (χ2n) is 9.29. The van der Waals surface area contributed by atoms with Crippen LogP contribution in [0.1, 0.15) is 44.9 Å². The minimum atomic E-state index is -4.71. The van der Waals surface area contributed by atoms with Crippen LogP contribution in [0.25, 0.3) is 16.2 Å². The van der Waals surface area contributed by atoms with Gasteiger partial charge >= 0.3 is 6.18 Å². The second kappa shape index (κ2) is 10.9. The first-order valence-electron chi connectivity index (χ1n) is 12.7. The lowest BCUT2D eigenvalue weighted by Crippen LogP contribution is -2.16. The van der Waals surface area contributed by atoms with Crippen molar-refractivity contribution < 1.29 is 27.4 Å². The van der Waals surface area contributed by atoms with Crippen molar-refractivity contribution in [1.29, 1.82) is 0 Å². The van der Waals surface area contributed by atoms with Gasteiger partial charge in [0.2, 0.25) is 0 Å². The van der Waals surface area contributed by atoms with E-state index in [4.69, 9.17) is 9.47 Å². The van der Waals surface area contributed by atoms with E-state index in [1.807, 2.05) is 25.1 Å². The fourth-order valence-corrected chi connectivity index (χ4v) is 5.39. The number of anilines is 1. The Kier molecular flexibility index (Phi) is 7.47. The molecule has 0 atom stereocenters. The quantitative estimate of drug-likeness (QED) is 0.234. The van der Waals surface area contributed by atoms with Crippen LogP contribution in [0.5, 0.6) is 11.5 Å². The zero-order valence-corrected chi connectivity index (χ0v) is 23.8. The Morgan fingerprint density at radius 1 is 1.02 bits per heavy atom. The summed E-state index contributed by atoms with van der Waals surface area (Å²) in [7, 11) is 3.11. The number of ether oxygens (including phenoxy) is 2. The lowest BCUT2D eigenvalue weighted by Gasteiger charge is -2.11. The van der Waals surface area contributed by atoms with Crippen molar-refractivity contribution >= 4 is 28.6 Å². The Morgan fingerprint density at radius 3 is 2.44 bits per heavy atom. The van der Waals surface area contributed by atoms with Gasteiger partial charge in [-0.05, 0) is 56.2 Å². The van der Waals surface area contributed by atoms with Crippen molar-refractivity contribution in [2.24, 2.45) is 0 Å². The standard InChI is InChI=1S/C28H27F3N6O3S/c1-6-18-8-10-23(41-18)19-12-24(28(29,30)31)37-25(32-19)13-20(35-37)27(38)33-26-15(2)34-36(16(26)3)14-17-7-9-21(39-4)22(11-17)40-5/h7-13H,6,14H2,1-5H3,(H,33,38). The number of aromatic nitrogens is 5. The third kappa shape index (κ3) is 5.49. The van der Waals surface area contributed by atoms with Crippen LogP contribution in [-0.2, 0) is 19.1 Å². The number of benzene rings is 1. The Morgan fingerprint density at radius 2 is 1.78 bits per heavy atom. The van der Waals surface area contributed by atoms with Crippen molar-refractivity contribution in [3.63, 3.8) is 0 Å². The topological polar surface area (TPSA) is 95.6 Å². The van der Waals surface area contributed by atoms with Crippen LogP contribution in [-0.4, -0.2) is 44.5 Å². The van der Waals surface area contributed by atoms with E-state index in [1.54, 1.807) is 44.9 Å². The number of amides is 1. The highest BCUT2D eigenvalue weighted by molar-refractivity contribution is 7.15. The van der Waals surface area contributed by atoms with Crippen LogP contribution < -0.4 is 14.8 Å². The zero-order chi connectivity index (χ0) is 29.5. The number of carbonyl (C=O) groups excluding carboxylic acids is 1. The average molecular weight is 585 g/mol. The van der Waals surface area contributed by atoms with E-state index in [9.17, 15) is 18.0 Å². The molecule has 214 valence electrons. The number of thiophene rings is 1. The smallest absolute Gasteiger partial charge is 0.433 e. The summed E-state index contributed by atoms with van der Waals surface area (Å²) in [4.78, 5) is 19.2. The molecule has 0 aliphatic heterocycles. The van der Waals surface area contributed by atoms with E-state index in [0.29, 0.717) is 44.5 Å². The summed E-state index contributed by atoms with van der Waals surface area (Å²) in [5, 5.41) is 11.3. The molecular weight excluding hydrogens is 557 g/mol. The summed E-state index contributed by atoms with van der Waals surface area (Å²) in [5.74, 6) is 0.500. The van der Waals surface area contributed by atoms with E-state index in [0.717, 1.165) is 22.9 Å². The fourth-order valence-electron chi connectivity index (χ4n) is 4.48. The van der Waals surface area contributed by atoms with E-state index in [-0.39, 0.29) is 17.0 Å². The molecule has 5 aromatic rings. The molecule has 4 aromatic heterocycles. The van der Waals surface area contributed by atoms with Crippen molar-refractivity contribution in [3.8, 4) is 22.1 Å². The van der Waals surface area contributed by atoms with Gasteiger partial charge in [0, 0.05) is 10.9 Å². The van der Waals surface area contributed by atoms with Gasteiger partial charge in [-0.15, -0.1) is 11.3 Å². The summed E-state index contributed by atoms with van der Waals surface area (Å²) in [5.41, 5.74) is 1.42. The number of alkyl halides is 3. The Labute approximate surface area is 237 Å². The maximum atomic E-state index is 14.0. The molecule has 1 N–H and O–H groups in total. The summed E-state index contributed by atoms with van der Waals surface area (Å²) in [6.45, 7) is 5.89. The van der Waals surface area contributed by atoms with Crippen molar-refractivity contribution in [2.45, 2.75) is 39.9 Å². The lowest BCUT2D eigenvalue weighted by atomic mass is 10.2. The highest BCUT2D eigenvalue weighted by Gasteiger charge is 2.36. The number of halogens is 3. The average Bonchev–Trinajstić information content (AvgIpc) is 3.66. The van der Waals surface area contributed by atoms with Gasteiger partial charge in [-0.1, -0.05) is 13.0 Å². The summed E-state index contributed by atoms with van der Waals surface area (Å²) in [6, 6.07) is 11.3. The van der Waals surface area contributed by atoms with E-state index >= 15 is 0 Å². The number of rotatable bonds is 8. The number of aryl methyl sites for hydroxylation is 2. The second-order valence-corrected chi connectivity index (χ2v) is 10.5. The minimum Gasteiger partial charge on any atom is -0.493 e. The molecule has 4 heterocycles. The number of fused-ring (bicyclic) bond motifs is 1. The maximum Gasteiger partial charge on any atom is 0.433 e. The summed E-state index contributed by atoms with van der Waals surface area (Å²) >= 11 is 1.38. The molecule has 41 heavy (non-hydrogen) atoms. The third-order valence-corrected chi connectivity index (χ3v) is 7.87. The van der Waals surface area contributed by atoms with Crippen LogP contribution in [0.4, 0.5) is 18.9 Å². The number of methoxy groups -OCH3 is 2. The van der Waals surface area contributed by atoms with Crippen LogP contribution in [0.15, 0.2) is 42.5 Å². The van der Waals surface area contributed by atoms with E-state index in [2.05, 4.69) is 20.5 Å². The molecular formula is C28H27F3N6O3S. The molecule has 0 spiro atoms. The monoisotopic (exact) mass is 584 g/mol. The first kappa shape index (κ1) is 28.1. The Bertz CT molecular complexity index is 1750. The molecule has 13 heteroatoms. The van der Waals surface area contributed by atoms with Crippen LogP contribution in [0.2, 0.25) is 0 Å². The normalized spacial score (nSPS) is 11.7. The Hall–Kier alpha value is -4.39. The van der Waals surface area contributed by atoms with E-state index in [1.165, 1.54) is 17.4 Å². The first-order valence-corrected chi connectivity index (χ1v) is 13.5. The van der Waals surface area contributed by atoms with Gasteiger partial charge in [0.25, 0.3) is 5.91 Å². The molecule has 0 unspecified atom stereocenters. The highest BCUT2D eigenvalue weighted by atomic mass is 32.1. The number of nitrogens with one attached hydrogen (secondary N) is 1. The fraction of sp³-hybridized carbons (Fsp3) is 0.286. The molecule has 9 nitrogen and oxygen atoms in total.